The van der Waals surface area contributed by atoms with Crippen LogP contribution in [0, 0.1) is 13.8 Å². The first-order valence-electron chi connectivity index (χ1n) is 8.88. The summed E-state index contributed by atoms with van der Waals surface area (Å²) in [5.41, 5.74) is 4.80. The molecule has 28 heavy (non-hydrogen) atoms. The van der Waals surface area contributed by atoms with Crippen molar-refractivity contribution in [3.63, 3.8) is 0 Å². The van der Waals surface area contributed by atoms with E-state index >= 15 is 0 Å². The minimum absolute atomic E-state index is 0.321. The smallest absolute Gasteiger partial charge is 0.123 e. The van der Waals surface area contributed by atoms with Gasteiger partial charge in [-0.25, -0.2) is 9.67 Å². The van der Waals surface area contributed by atoms with E-state index in [9.17, 15) is 5.11 Å². The number of aliphatic hydroxyl groups is 1. The van der Waals surface area contributed by atoms with Gasteiger partial charge in [-0.05, 0) is 26.0 Å². The number of aliphatic hydroxyl groups excluding tert-OH is 1. The molecule has 0 aliphatic carbocycles. The van der Waals surface area contributed by atoms with E-state index in [1.807, 2.05) is 68.6 Å². The Labute approximate surface area is 172 Å². The van der Waals surface area contributed by atoms with Crippen LogP contribution in [0.25, 0.3) is 21.8 Å². The Morgan fingerprint density at radius 3 is 2.43 bits per heavy atom. The number of halogens is 1. The van der Waals surface area contributed by atoms with Gasteiger partial charge in [0.2, 0.25) is 0 Å². The molecule has 1 unspecified atom stereocenters. The molecule has 1 N–H and O–H groups in total. The van der Waals surface area contributed by atoms with Crippen LogP contribution in [0.1, 0.15) is 22.2 Å². The number of aromatic nitrogens is 4. The Morgan fingerprint density at radius 1 is 1.04 bits per heavy atom. The number of thiazole rings is 1. The maximum Gasteiger partial charge on any atom is 0.123 e. The summed E-state index contributed by atoms with van der Waals surface area (Å²) in [6, 6.07) is 15.7. The molecule has 4 aromatic rings. The molecule has 2 heterocycles. The third-order valence-electron chi connectivity index (χ3n) is 4.47. The van der Waals surface area contributed by atoms with E-state index in [0.29, 0.717) is 11.6 Å². The number of benzene rings is 2. The zero-order chi connectivity index (χ0) is 19.7. The monoisotopic (exact) mass is 410 g/mol. The molecule has 0 aliphatic heterocycles. The molecule has 0 saturated carbocycles. The quantitative estimate of drug-likeness (QED) is 0.498. The first-order chi connectivity index (χ1) is 13.5. The van der Waals surface area contributed by atoms with Crippen LogP contribution >= 0.6 is 22.9 Å². The second kappa shape index (κ2) is 7.83. The van der Waals surface area contributed by atoms with Crippen molar-refractivity contribution in [1.29, 1.82) is 0 Å². The van der Waals surface area contributed by atoms with Crippen molar-refractivity contribution in [1.82, 2.24) is 20.0 Å². The molecule has 2 aromatic heterocycles. The molecule has 5 nitrogen and oxygen atoms in total. The van der Waals surface area contributed by atoms with Gasteiger partial charge in [-0.1, -0.05) is 58.8 Å². The van der Waals surface area contributed by atoms with Gasteiger partial charge in [-0.15, -0.1) is 16.4 Å². The van der Waals surface area contributed by atoms with E-state index in [1.165, 1.54) is 16.9 Å². The molecule has 0 amide bonds. The second-order valence-electron chi connectivity index (χ2n) is 6.68. The zero-order valence-corrected chi connectivity index (χ0v) is 17.1. The molecule has 0 saturated heterocycles. The minimum atomic E-state index is -0.703. The van der Waals surface area contributed by atoms with E-state index in [1.54, 1.807) is 4.68 Å². The Balaban J connectivity index is 1.52. The predicted octanol–water partition coefficient (Wildman–Crippen LogP) is 5.07. The Bertz CT molecular complexity index is 1090. The van der Waals surface area contributed by atoms with Crippen LogP contribution in [0.2, 0.25) is 5.02 Å². The fourth-order valence-corrected chi connectivity index (χ4v) is 4.11. The maximum absolute atomic E-state index is 10.7. The summed E-state index contributed by atoms with van der Waals surface area (Å²) in [5.74, 6) is 0. The van der Waals surface area contributed by atoms with Crippen molar-refractivity contribution >= 4 is 22.9 Å². The van der Waals surface area contributed by atoms with Gasteiger partial charge in [0.05, 0.1) is 23.3 Å². The third kappa shape index (κ3) is 3.99. The predicted molar refractivity (Wildman–Crippen MR) is 112 cm³/mol. The SMILES string of the molecule is Cc1ccc(-c2cn(CC(O)c3sc(-c4ccc(Cl)cc4)nc3C)nn2)cc1. The van der Waals surface area contributed by atoms with Crippen molar-refractivity contribution in [3.05, 3.63) is 75.9 Å². The summed E-state index contributed by atoms with van der Waals surface area (Å²) < 4.78 is 1.67. The normalized spacial score (nSPS) is 12.3. The number of hydrogen-bond donors (Lipinski definition) is 1. The minimum Gasteiger partial charge on any atom is -0.386 e. The van der Waals surface area contributed by atoms with E-state index in [-0.39, 0.29) is 0 Å². The molecule has 0 radical (unpaired) electrons. The highest BCUT2D eigenvalue weighted by molar-refractivity contribution is 7.15. The molecule has 7 heteroatoms. The molecule has 0 aliphatic rings. The van der Waals surface area contributed by atoms with Gasteiger partial charge in [0.1, 0.15) is 16.8 Å². The van der Waals surface area contributed by atoms with Gasteiger partial charge in [-0.3, -0.25) is 0 Å². The van der Waals surface area contributed by atoms with Gasteiger partial charge in [0.15, 0.2) is 0 Å². The standard InChI is InChI=1S/C21H19ClN4OS/c1-13-3-5-15(6-4-13)18-11-26(25-24-18)12-19(27)20-14(2)23-21(28-20)16-7-9-17(22)10-8-16/h3-11,19,27H,12H2,1-2H3. The van der Waals surface area contributed by atoms with Crippen LogP contribution in [0.4, 0.5) is 0 Å². The molecule has 2 aromatic carbocycles. The maximum atomic E-state index is 10.7. The fourth-order valence-electron chi connectivity index (χ4n) is 2.94. The zero-order valence-electron chi connectivity index (χ0n) is 15.5. The molecule has 0 spiro atoms. The molecule has 0 bridgehead atoms. The van der Waals surface area contributed by atoms with Crippen LogP contribution < -0.4 is 0 Å². The highest BCUT2D eigenvalue weighted by Gasteiger charge is 2.18. The largest absolute Gasteiger partial charge is 0.386 e. The van der Waals surface area contributed by atoms with E-state index in [0.717, 1.165) is 32.4 Å². The van der Waals surface area contributed by atoms with Crippen molar-refractivity contribution < 1.29 is 5.11 Å². The average molecular weight is 411 g/mol. The summed E-state index contributed by atoms with van der Waals surface area (Å²) in [7, 11) is 0. The Morgan fingerprint density at radius 2 is 1.71 bits per heavy atom. The van der Waals surface area contributed by atoms with Gasteiger partial charge < -0.3 is 5.11 Å². The summed E-state index contributed by atoms with van der Waals surface area (Å²) in [5, 5.41) is 20.7. The van der Waals surface area contributed by atoms with Crippen molar-refractivity contribution in [2.24, 2.45) is 0 Å². The van der Waals surface area contributed by atoms with Crippen molar-refractivity contribution in [2.45, 2.75) is 26.5 Å². The van der Waals surface area contributed by atoms with Gasteiger partial charge >= 0.3 is 0 Å². The van der Waals surface area contributed by atoms with Crippen molar-refractivity contribution in [3.8, 4) is 21.8 Å². The van der Waals surface area contributed by atoms with E-state index < -0.39 is 6.10 Å². The highest BCUT2D eigenvalue weighted by atomic mass is 35.5. The topological polar surface area (TPSA) is 63.8 Å². The van der Waals surface area contributed by atoms with Gasteiger partial charge in [-0.2, -0.15) is 0 Å². The van der Waals surface area contributed by atoms with Crippen LogP contribution in [0.5, 0.6) is 0 Å². The lowest BCUT2D eigenvalue weighted by molar-refractivity contribution is 0.153. The number of aryl methyl sites for hydroxylation is 2. The van der Waals surface area contributed by atoms with Crippen LogP contribution in [0.3, 0.4) is 0 Å². The average Bonchev–Trinajstić information content (AvgIpc) is 3.30. The van der Waals surface area contributed by atoms with E-state index in [4.69, 9.17) is 11.6 Å². The highest BCUT2D eigenvalue weighted by Crippen LogP contribution is 2.33. The summed E-state index contributed by atoms with van der Waals surface area (Å²) >= 11 is 7.44. The molecular formula is C21H19ClN4OS. The molecule has 0 fully saturated rings. The molecule has 142 valence electrons. The first-order valence-corrected chi connectivity index (χ1v) is 10.1. The lowest BCUT2D eigenvalue weighted by Gasteiger charge is -2.08. The van der Waals surface area contributed by atoms with Gasteiger partial charge in [0, 0.05) is 16.1 Å². The van der Waals surface area contributed by atoms with Crippen molar-refractivity contribution in [2.75, 3.05) is 0 Å². The Kier molecular flexibility index (Phi) is 5.26. The van der Waals surface area contributed by atoms with Gasteiger partial charge in [0.25, 0.3) is 0 Å². The Hall–Kier alpha value is -2.54. The number of nitrogens with zero attached hydrogens (tertiary/aromatic N) is 4. The molecule has 4 rings (SSSR count). The molecule has 1 atom stereocenters. The fraction of sp³-hybridized carbons (Fsp3) is 0.190. The number of hydrogen-bond acceptors (Lipinski definition) is 5. The van der Waals surface area contributed by atoms with Crippen LogP contribution in [0.15, 0.2) is 54.7 Å². The van der Waals surface area contributed by atoms with Crippen LogP contribution in [-0.2, 0) is 6.54 Å². The summed E-state index contributed by atoms with van der Waals surface area (Å²) in [4.78, 5) is 5.44. The lowest BCUT2D eigenvalue weighted by atomic mass is 10.1. The third-order valence-corrected chi connectivity index (χ3v) is 6.03. The molecular weight excluding hydrogens is 392 g/mol. The first kappa shape index (κ1) is 18.8. The second-order valence-corrected chi connectivity index (χ2v) is 8.15. The van der Waals surface area contributed by atoms with E-state index in [2.05, 4.69) is 15.3 Å². The summed E-state index contributed by atoms with van der Waals surface area (Å²) in [6.45, 7) is 4.28. The lowest BCUT2D eigenvalue weighted by Crippen LogP contribution is -2.09. The van der Waals surface area contributed by atoms with Crippen LogP contribution in [-0.4, -0.2) is 25.1 Å². The summed E-state index contributed by atoms with van der Waals surface area (Å²) in [6.07, 6.45) is 1.15. The number of rotatable bonds is 5.